The zero-order valence-electron chi connectivity index (χ0n) is 12.5. The van der Waals surface area contributed by atoms with Crippen molar-refractivity contribution in [3.63, 3.8) is 0 Å². The summed E-state index contributed by atoms with van der Waals surface area (Å²) in [6, 6.07) is 5.91. The minimum absolute atomic E-state index is 0.120. The van der Waals surface area contributed by atoms with Gasteiger partial charge in [-0.2, -0.15) is 0 Å². The first-order valence-corrected chi connectivity index (χ1v) is 7.66. The van der Waals surface area contributed by atoms with E-state index < -0.39 is 0 Å². The van der Waals surface area contributed by atoms with Crippen LogP contribution in [0.5, 0.6) is 5.75 Å². The Labute approximate surface area is 126 Å². The largest absolute Gasteiger partial charge is 0.496 e. The first-order chi connectivity index (χ1) is 9.66. The monoisotopic (exact) mass is 297 g/mol. The molecule has 1 aromatic rings. The van der Waals surface area contributed by atoms with Crippen LogP contribution in [0, 0.1) is 0 Å². The topological polar surface area (TPSA) is 30.5 Å². The average Bonchev–Trinajstić information content (AvgIpc) is 2.41. The van der Waals surface area contributed by atoms with E-state index in [9.17, 15) is 0 Å². The molecular weight excluding hydrogens is 274 g/mol. The molecule has 0 amide bonds. The fraction of sp³-hybridized carbons (Fsp3) is 0.625. The quantitative estimate of drug-likeness (QED) is 0.826. The summed E-state index contributed by atoms with van der Waals surface area (Å²) in [6.45, 7) is 3.12. The Morgan fingerprint density at radius 1 is 1.35 bits per heavy atom. The fourth-order valence-corrected chi connectivity index (χ4v) is 3.12. The van der Waals surface area contributed by atoms with Gasteiger partial charge in [0.25, 0.3) is 0 Å². The van der Waals surface area contributed by atoms with Gasteiger partial charge in [0, 0.05) is 17.7 Å². The number of rotatable bonds is 7. The van der Waals surface area contributed by atoms with Crippen molar-refractivity contribution in [2.24, 2.45) is 0 Å². The lowest BCUT2D eigenvalue weighted by Gasteiger charge is -2.47. The molecule has 1 saturated carbocycles. The van der Waals surface area contributed by atoms with Gasteiger partial charge >= 0.3 is 0 Å². The van der Waals surface area contributed by atoms with Crippen molar-refractivity contribution in [2.75, 3.05) is 20.8 Å². The highest BCUT2D eigenvalue weighted by molar-refractivity contribution is 6.30. The van der Waals surface area contributed by atoms with E-state index in [-0.39, 0.29) is 11.6 Å². The highest BCUT2D eigenvalue weighted by atomic mass is 35.5. The van der Waals surface area contributed by atoms with Gasteiger partial charge in [-0.05, 0) is 50.4 Å². The summed E-state index contributed by atoms with van der Waals surface area (Å²) >= 11 is 6.18. The summed E-state index contributed by atoms with van der Waals surface area (Å²) < 4.78 is 11.4. The number of benzene rings is 1. The number of halogens is 1. The third-order valence-corrected chi connectivity index (χ3v) is 4.47. The second-order valence-corrected chi connectivity index (χ2v) is 5.83. The smallest absolute Gasteiger partial charge is 0.123 e. The predicted octanol–water partition coefficient (Wildman–Crippen LogP) is 3.96. The van der Waals surface area contributed by atoms with Gasteiger partial charge in [-0.25, -0.2) is 0 Å². The maximum atomic E-state index is 6.18. The van der Waals surface area contributed by atoms with E-state index in [0.29, 0.717) is 0 Å². The Bertz CT molecular complexity index is 441. The van der Waals surface area contributed by atoms with Gasteiger partial charge in [-0.3, -0.25) is 0 Å². The van der Waals surface area contributed by atoms with Crippen LogP contribution in [0.15, 0.2) is 18.2 Å². The Kier molecular flexibility index (Phi) is 5.30. The normalized spacial score (nSPS) is 18.4. The van der Waals surface area contributed by atoms with Gasteiger partial charge in [0.05, 0.1) is 18.8 Å². The molecule has 0 bridgehead atoms. The van der Waals surface area contributed by atoms with E-state index in [1.165, 1.54) is 6.42 Å². The molecule has 1 fully saturated rings. The SMILES string of the molecule is CCCNC(c1cc(Cl)ccc1OC)C1(OC)CCC1. The number of ether oxygens (including phenoxy) is 2. The Hall–Kier alpha value is -0.770. The molecule has 1 aliphatic rings. The number of methoxy groups -OCH3 is 2. The second kappa shape index (κ2) is 6.79. The van der Waals surface area contributed by atoms with Crippen molar-refractivity contribution in [1.82, 2.24) is 5.32 Å². The second-order valence-electron chi connectivity index (χ2n) is 5.40. The average molecular weight is 298 g/mol. The maximum absolute atomic E-state index is 6.18. The summed E-state index contributed by atoms with van der Waals surface area (Å²) in [5, 5.41) is 4.35. The lowest BCUT2D eigenvalue weighted by molar-refractivity contribution is -0.100. The Balaban J connectivity index is 2.37. The lowest BCUT2D eigenvalue weighted by atomic mass is 9.72. The molecule has 1 unspecified atom stereocenters. The van der Waals surface area contributed by atoms with E-state index in [1.54, 1.807) is 14.2 Å². The van der Waals surface area contributed by atoms with Crippen molar-refractivity contribution in [3.05, 3.63) is 28.8 Å². The molecular formula is C16H24ClNO2. The number of hydrogen-bond donors (Lipinski definition) is 1. The van der Waals surface area contributed by atoms with Crippen molar-refractivity contribution < 1.29 is 9.47 Å². The van der Waals surface area contributed by atoms with Gasteiger partial charge in [-0.1, -0.05) is 18.5 Å². The van der Waals surface area contributed by atoms with Gasteiger partial charge in [0.1, 0.15) is 5.75 Å². The fourth-order valence-electron chi connectivity index (χ4n) is 2.93. The maximum Gasteiger partial charge on any atom is 0.123 e. The molecule has 0 saturated heterocycles. The van der Waals surface area contributed by atoms with Crippen LogP contribution in [0.4, 0.5) is 0 Å². The molecule has 0 radical (unpaired) electrons. The zero-order chi connectivity index (χ0) is 14.6. The minimum Gasteiger partial charge on any atom is -0.496 e. The highest BCUT2D eigenvalue weighted by Gasteiger charge is 2.45. The molecule has 20 heavy (non-hydrogen) atoms. The first kappa shape index (κ1) is 15.6. The molecule has 0 spiro atoms. The van der Waals surface area contributed by atoms with Crippen molar-refractivity contribution in [1.29, 1.82) is 0 Å². The summed E-state index contributed by atoms with van der Waals surface area (Å²) in [6.07, 6.45) is 4.43. The molecule has 0 aromatic heterocycles. The molecule has 112 valence electrons. The van der Waals surface area contributed by atoms with Crippen molar-refractivity contribution in [3.8, 4) is 5.75 Å². The predicted molar refractivity (Wildman–Crippen MR) is 82.6 cm³/mol. The van der Waals surface area contributed by atoms with Crippen LogP contribution >= 0.6 is 11.6 Å². The van der Waals surface area contributed by atoms with Crippen LogP contribution in [-0.2, 0) is 4.74 Å². The Morgan fingerprint density at radius 3 is 2.60 bits per heavy atom. The van der Waals surface area contributed by atoms with Crippen LogP contribution in [-0.4, -0.2) is 26.4 Å². The summed E-state index contributed by atoms with van der Waals surface area (Å²) in [5.41, 5.74) is 0.961. The molecule has 1 atom stereocenters. The summed E-state index contributed by atoms with van der Waals surface area (Å²) in [5.74, 6) is 0.867. The lowest BCUT2D eigenvalue weighted by Crippen LogP contribution is -2.50. The van der Waals surface area contributed by atoms with Crippen LogP contribution in [0.1, 0.15) is 44.2 Å². The van der Waals surface area contributed by atoms with E-state index in [0.717, 1.165) is 42.1 Å². The number of hydrogen-bond acceptors (Lipinski definition) is 3. The van der Waals surface area contributed by atoms with Gasteiger partial charge in [0.2, 0.25) is 0 Å². The summed E-state index contributed by atoms with van der Waals surface area (Å²) in [4.78, 5) is 0. The van der Waals surface area contributed by atoms with Crippen LogP contribution in [0.25, 0.3) is 0 Å². The van der Waals surface area contributed by atoms with Crippen molar-refractivity contribution in [2.45, 2.75) is 44.2 Å². The molecule has 1 N–H and O–H groups in total. The zero-order valence-corrected chi connectivity index (χ0v) is 13.3. The molecule has 2 rings (SSSR count). The van der Waals surface area contributed by atoms with Gasteiger partial charge in [0.15, 0.2) is 0 Å². The standard InChI is InChI=1S/C16H24ClNO2/c1-4-10-18-15(16(20-3)8-5-9-16)13-11-12(17)6-7-14(13)19-2/h6-7,11,15,18H,4-5,8-10H2,1-3H3. The molecule has 0 aliphatic heterocycles. The molecule has 1 aromatic carbocycles. The van der Waals surface area contributed by atoms with E-state index >= 15 is 0 Å². The van der Waals surface area contributed by atoms with Crippen LogP contribution in [0.2, 0.25) is 5.02 Å². The van der Waals surface area contributed by atoms with Gasteiger partial charge < -0.3 is 14.8 Å². The van der Waals surface area contributed by atoms with E-state index in [4.69, 9.17) is 21.1 Å². The van der Waals surface area contributed by atoms with Crippen LogP contribution < -0.4 is 10.1 Å². The van der Waals surface area contributed by atoms with Crippen molar-refractivity contribution >= 4 is 11.6 Å². The molecule has 0 heterocycles. The Morgan fingerprint density at radius 2 is 2.10 bits per heavy atom. The van der Waals surface area contributed by atoms with Gasteiger partial charge in [-0.15, -0.1) is 0 Å². The number of nitrogens with one attached hydrogen (secondary N) is 1. The summed E-state index contributed by atoms with van der Waals surface area (Å²) in [7, 11) is 3.50. The molecule has 4 heteroatoms. The third kappa shape index (κ3) is 2.95. The van der Waals surface area contributed by atoms with Crippen LogP contribution in [0.3, 0.4) is 0 Å². The third-order valence-electron chi connectivity index (χ3n) is 4.23. The van der Waals surface area contributed by atoms with E-state index in [1.807, 2.05) is 18.2 Å². The first-order valence-electron chi connectivity index (χ1n) is 7.29. The minimum atomic E-state index is -0.132. The molecule has 1 aliphatic carbocycles. The highest BCUT2D eigenvalue weighted by Crippen LogP contribution is 2.47. The molecule has 3 nitrogen and oxygen atoms in total. The van der Waals surface area contributed by atoms with E-state index in [2.05, 4.69) is 12.2 Å².